The molecule has 0 aliphatic carbocycles. The maximum Gasteiger partial charge on any atom is 0.471 e. The van der Waals surface area contributed by atoms with Gasteiger partial charge in [0.15, 0.2) is 0 Å². The van der Waals surface area contributed by atoms with Crippen LogP contribution in [0, 0.1) is 0 Å². The summed E-state index contributed by atoms with van der Waals surface area (Å²) in [5.74, 6) is -1.26. The van der Waals surface area contributed by atoms with Gasteiger partial charge in [0.1, 0.15) is 0 Å². The maximum atomic E-state index is 11.7. The van der Waals surface area contributed by atoms with E-state index in [1.54, 1.807) is 5.32 Å². The molecule has 0 aromatic carbocycles. The minimum absolute atomic E-state index is 0.0154. The van der Waals surface area contributed by atoms with Gasteiger partial charge >= 0.3 is 12.1 Å². The molecule has 0 saturated carbocycles. The average molecular weight is 252 g/mol. The molecule has 1 N–H and O–H groups in total. The summed E-state index contributed by atoms with van der Waals surface area (Å²) in [4.78, 5) is 10.3. The van der Waals surface area contributed by atoms with E-state index < -0.39 is 21.3 Å². The molecular formula is C7H13ClF3NOS. The van der Waals surface area contributed by atoms with Gasteiger partial charge in [0.05, 0.1) is 0 Å². The molecule has 0 heterocycles. The van der Waals surface area contributed by atoms with Gasteiger partial charge in [0.2, 0.25) is 0 Å². The molecule has 0 aromatic rings. The number of alkyl halides is 3. The van der Waals surface area contributed by atoms with Crippen molar-refractivity contribution in [3.05, 3.63) is 0 Å². The van der Waals surface area contributed by atoms with Crippen LogP contribution in [0.15, 0.2) is 0 Å². The number of carbonyl (C=O) groups excluding carboxylic acids is 1. The van der Waals surface area contributed by atoms with Gasteiger partial charge in [-0.2, -0.15) is 22.4 Å². The number of carbonyl (C=O) groups is 1. The Balaban J connectivity index is 3.62. The van der Waals surface area contributed by atoms with Crippen LogP contribution in [-0.2, 0) is 4.79 Å². The van der Waals surface area contributed by atoms with Gasteiger partial charge in [-0.1, -0.05) is 10.7 Å². The second-order valence-electron chi connectivity index (χ2n) is 3.21. The van der Waals surface area contributed by atoms with E-state index in [4.69, 9.17) is 10.7 Å². The molecular weight excluding hydrogens is 239 g/mol. The lowest BCUT2D eigenvalue weighted by Crippen LogP contribution is -2.37. The van der Waals surface area contributed by atoms with E-state index in [1.807, 2.05) is 12.5 Å². The molecule has 0 aromatic heterocycles. The lowest BCUT2D eigenvalue weighted by molar-refractivity contribution is -0.173. The molecule has 0 radical (unpaired) electrons. The second-order valence-corrected chi connectivity index (χ2v) is 8.94. The molecule has 7 heteroatoms. The topological polar surface area (TPSA) is 29.1 Å². The van der Waals surface area contributed by atoms with Gasteiger partial charge in [-0.25, -0.2) is 0 Å². The van der Waals surface area contributed by atoms with E-state index in [-0.39, 0.29) is 6.54 Å². The summed E-state index contributed by atoms with van der Waals surface area (Å²) in [7, 11) is 4.67. The fraction of sp³-hybridized carbons (Fsp3) is 0.857. The van der Waals surface area contributed by atoms with Gasteiger partial charge in [-0.15, -0.1) is 0 Å². The van der Waals surface area contributed by atoms with Crippen molar-refractivity contribution in [3.8, 4) is 0 Å². The smallest absolute Gasteiger partial charge is 0.348 e. The van der Waals surface area contributed by atoms with Crippen LogP contribution in [0.2, 0.25) is 0 Å². The van der Waals surface area contributed by atoms with E-state index in [0.717, 1.165) is 0 Å². The summed E-state index contributed by atoms with van der Waals surface area (Å²) in [6.07, 6.45) is -0.628. The molecule has 0 saturated heterocycles. The van der Waals surface area contributed by atoms with Gasteiger partial charge in [-0.3, -0.25) is 4.79 Å². The molecule has 0 atom stereocenters. The van der Waals surface area contributed by atoms with Gasteiger partial charge in [0, 0.05) is 6.54 Å². The summed E-state index contributed by atoms with van der Waals surface area (Å²) >= 11 is 0. The van der Waals surface area contributed by atoms with Crippen LogP contribution >= 0.6 is 19.9 Å². The summed E-state index contributed by atoms with van der Waals surface area (Å²) in [6.45, 7) is 0.0154. The third-order valence-corrected chi connectivity index (χ3v) is 3.07. The summed E-state index contributed by atoms with van der Waals surface area (Å²) in [5.41, 5.74) is 0. The lowest BCUT2D eigenvalue weighted by atomic mass is 10.4. The van der Waals surface area contributed by atoms with Gasteiger partial charge in [0.25, 0.3) is 0 Å². The predicted octanol–water partition coefficient (Wildman–Crippen LogP) is 2.27. The summed E-state index contributed by atoms with van der Waals surface area (Å²) in [5, 5.41) is 1.79. The first-order valence-corrected chi connectivity index (χ1v) is 7.33. The molecule has 86 valence electrons. The Morgan fingerprint density at radius 3 is 2.29 bits per heavy atom. The Bertz CT molecular complexity index is 202. The number of hydrogen-bond donors (Lipinski definition) is 1. The van der Waals surface area contributed by atoms with Crippen molar-refractivity contribution >= 4 is 25.8 Å². The highest BCUT2D eigenvalue weighted by Gasteiger charge is 2.38. The average Bonchev–Trinajstić information content (AvgIpc) is 1.93. The first-order valence-electron chi connectivity index (χ1n) is 3.88. The number of rotatable bonds is 4. The highest BCUT2D eigenvalue weighted by Crippen LogP contribution is 2.45. The third kappa shape index (κ3) is 7.32. The maximum absolute atomic E-state index is 11.7. The summed E-state index contributed by atoms with van der Waals surface area (Å²) in [6, 6.07) is 0. The minimum atomic E-state index is -4.79. The fourth-order valence-corrected chi connectivity index (χ4v) is 1.88. The Morgan fingerprint density at radius 1 is 1.43 bits per heavy atom. The van der Waals surface area contributed by atoms with Crippen LogP contribution < -0.4 is 5.32 Å². The Labute approximate surface area is 87.0 Å². The SMILES string of the molecule is CS(C)(Cl)CCCNC(=O)C(F)(F)F. The Morgan fingerprint density at radius 2 is 1.93 bits per heavy atom. The monoisotopic (exact) mass is 251 g/mol. The van der Waals surface area contributed by atoms with Crippen LogP contribution in [-0.4, -0.2) is 36.9 Å². The molecule has 0 aliphatic heterocycles. The fourth-order valence-electron chi connectivity index (χ4n) is 0.718. The molecule has 0 rings (SSSR count). The standard InChI is InChI=1S/C7H13ClF3NOS/c1-14(2,8)5-3-4-12-6(13)7(9,10)11/h3-5H2,1-2H3,(H,12,13). The molecule has 1 amide bonds. The summed E-state index contributed by atoms with van der Waals surface area (Å²) < 4.78 is 35.0. The quantitative estimate of drug-likeness (QED) is 0.763. The molecule has 0 fully saturated rings. The van der Waals surface area contributed by atoms with Crippen LogP contribution in [0.3, 0.4) is 0 Å². The lowest BCUT2D eigenvalue weighted by Gasteiger charge is -2.21. The zero-order valence-electron chi connectivity index (χ0n) is 7.95. The van der Waals surface area contributed by atoms with Crippen molar-refractivity contribution in [1.82, 2.24) is 5.32 Å². The van der Waals surface area contributed by atoms with Crippen LogP contribution in [0.4, 0.5) is 13.2 Å². The van der Waals surface area contributed by atoms with E-state index >= 15 is 0 Å². The van der Waals surface area contributed by atoms with Crippen LogP contribution in [0.5, 0.6) is 0 Å². The van der Waals surface area contributed by atoms with Crippen molar-refractivity contribution in [1.29, 1.82) is 0 Å². The first-order chi connectivity index (χ1) is 6.13. The largest absolute Gasteiger partial charge is 0.471 e. The molecule has 0 spiro atoms. The van der Waals surface area contributed by atoms with Crippen molar-refractivity contribution in [2.24, 2.45) is 0 Å². The molecule has 0 bridgehead atoms. The number of hydrogen-bond acceptors (Lipinski definition) is 1. The van der Waals surface area contributed by atoms with Crippen molar-refractivity contribution in [2.45, 2.75) is 12.6 Å². The van der Waals surface area contributed by atoms with Gasteiger partial charge in [-0.05, 0) is 24.7 Å². The van der Waals surface area contributed by atoms with E-state index in [9.17, 15) is 18.0 Å². The number of amides is 1. The first kappa shape index (κ1) is 13.9. The second kappa shape index (κ2) is 5.11. The number of nitrogens with one attached hydrogen (secondary N) is 1. The van der Waals surface area contributed by atoms with Crippen molar-refractivity contribution in [2.75, 3.05) is 24.8 Å². The normalized spacial score (nSPS) is 13.9. The highest BCUT2D eigenvalue weighted by atomic mass is 35.7. The van der Waals surface area contributed by atoms with Crippen molar-refractivity contribution < 1.29 is 18.0 Å². The van der Waals surface area contributed by atoms with E-state index in [1.165, 1.54) is 0 Å². The third-order valence-electron chi connectivity index (χ3n) is 1.35. The number of halogens is 4. The van der Waals surface area contributed by atoms with Crippen LogP contribution in [0.25, 0.3) is 0 Å². The van der Waals surface area contributed by atoms with Crippen molar-refractivity contribution in [3.63, 3.8) is 0 Å². The zero-order valence-corrected chi connectivity index (χ0v) is 9.52. The highest BCUT2D eigenvalue weighted by molar-refractivity contribution is 8.50. The van der Waals surface area contributed by atoms with Gasteiger partial charge < -0.3 is 5.32 Å². The predicted molar refractivity (Wildman–Crippen MR) is 53.8 cm³/mol. The molecule has 0 unspecified atom stereocenters. The minimum Gasteiger partial charge on any atom is -0.348 e. The van der Waals surface area contributed by atoms with E-state index in [0.29, 0.717) is 12.2 Å². The Kier molecular flexibility index (Phi) is 5.08. The van der Waals surface area contributed by atoms with Crippen LogP contribution in [0.1, 0.15) is 6.42 Å². The molecule has 14 heavy (non-hydrogen) atoms. The van der Waals surface area contributed by atoms with E-state index in [2.05, 4.69) is 0 Å². The molecule has 2 nitrogen and oxygen atoms in total. The zero-order chi connectivity index (χ0) is 11.4. The molecule has 0 aliphatic rings. The Hall–Kier alpha value is -0.100.